The highest BCUT2D eigenvalue weighted by Gasteiger charge is 2.47. The molecule has 1 aliphatic heterocycles. The van der Waals surface area contributed by atoms with Crippen LogP contribution in [-0.4, -0.2) is 45.0 Å². The summed E-state index contributed by atoms with van der Waals surface area (Å²) >= 11 is 5.35. The van der Waals surface area contributed by atoms with Gasteiger partial charge in [-0.2, -0.15) is 17.5 Å². The number of imidazole rings is 1. The highest BCUT2D eigenvalue weighted by Crippen LogP contribution is 2.45. The number of aromatic nitrogens is 4. The molecule has 3 heterocycles. The van der Waals surface area contributed by atoms with Crippen molar-refractivity contribution < 1.29 is 21.6 Å². The molecule has 2 aromatic heterocycles. The molecule has 0 bridgehead atoms. The third kappa shape index (κ3) is 4.81. The average molecular weight is 564 g/mol. The summed E-state index contributed by atoms with van der Waals surface area (Å²) in [5.74, 6) is -1.65. The van der Waals surface area contributed by atoms with Gasteiger partial charge in [-0.15, -0.1) is 0 Å². The van der Waals surface area contributed by atoms with E-state index in [1.807, 2.05) is 6.92 Å². The van der Waals surface area contributed by atoms with Crippen molar-refractivity contribution in [2.45, 2.75) is 43.4 Å². The molecule has 1 aliphatic rings. The predicted molar refractivity (Wildman–Crippen MR) is 138 cm³/mol. The van der Waals surface area contributed by atoms with Crippen LogP contribution in [0.2, 0.25) is 0 Å². The van der Waals surface area contributed by atoms with Crippen LogP contribution >= 0.6 is 12.2 Å². The first-order valence-corrected chi connectivity index (χ1v) is 13.7. The highest BCUT2D eigenvalue weighted by molar-refractivity contribution is 7.89. The van der Waals surface area contributed by atoms with Crippen molar-refractivity contribution in [2.75, 3.05) is 6.54 Å². The number of fused-ring (bicyclic) bond motifs is 1. The number of rotatable bonds is 5. The number of nitrogens with zero attached hydrogens (tertiary/aromatic N) is 3. The summed E-state index contributed by atoms with van der Waals surface area (Å²) in [5, 5.41) is 0. The van der Waals surface area contributed by atoms with Crippen molar-refractivity contribution in [1.82, 2.24) is 23.8 Å². The summed E-state index contributed by atoms with van der Waals surface area (Å²) in [7, 11) is -4.10. The molecule has 0 aliphatic carbocycles. The second-order valence-corrected chi connectivity index (χ2v) is 11.6. The number of halogens is 3. The van der Waals surface area contributed by atoms with Crippen LogP contribution in [0.15, 0.2) is 64.5 Å². The molecule has 0 spiro atoms. The van der Waals surface area contributed by atoms with Crippen LogP contribution in [0.3, 0.4) is 0 Å². The van der Waals surface area contributed by atoms with Crippen LogP contribution in [0, 0.1) is 17.6 Å². The summed E-state index contributed by atoms with van der Waals surface area (Å²) in [5.41, 5.74) is 1.92. The summed E-state index contributed by atoms with van der Waals surface area (Å²) < 4.78 is 71.8. The number of H-pyrrole nitrogens is 2. The lowest BCUT2D eigenvalue weighted by molar-refractivity contribution is -0.187. The Labute approximate surface area is 221 Å². The largest absolute Gasteiger partial charge is 0.391 e. The Morgan fingerprint density at radius 3 is 2.55 bits per heavy atom. The van der Waals surface area contributed by atoms with Crippen LogP contribution in [0.25, 0.3) is 11.2 Å². The fourth-order valence-electron chi connectivity index (χ4n) is 4.96. The third-order valence-electron chi connectivity index (χ3n) is 6.95. The van der Waals surface area contributed by atoms with Gasteiger partial charge in [0.25, 0.3) is 5.56 Å². The third-order valence-corrected chi connectivity index (χ3v) is 9.20. The molecule has 0 amide bonds. The zero-order chi connectivity index (χ0) is 27.2. The number of nitrogens with one attached hydrogen (secondary N) is 2. The molecule has 0 saturated carbocycles. The van der Waals surface area contributed by atoms with Gasteiger partial charge < -0.3 is 4.98 Å². The molecule has 5 rings (SSSR count). The van der Waals surface area contributed by atoms with Crippen molar-refractivity contribution >= 4 is 33.4 Å². The van der Waals surface area contributed by atoms with E-state index in [0.717, 1.165) is 5.56 Å². The minimum absolute atomic E-state index is 0.0251. The summed E-state index contributed by atoms with van der Waals surface area (Å²) in [6, 6.07) is 11.9. The first kappa shape index (κ1) is 26.3. The molecule has 2 N–H and O–H groups in total. The molecule has 2 atom stereocenters. The van der Waals surface area contributed by atoms with Gasteiger partial charge in [0.15, 0.2) is 10.4 Å². The Bertz CT molecular complexity index is 1710. The maximum Gasteiger partial charge on any atom is 0.391 e. The number of aryl methyl sites for hydroxylation is 1. The van der Waals surface area contributed by atoms with Crippen molar-refractivity contribution in [3.63, 3.8) is 0 Å². The normalized spacial score (nSPS) is 19.2. The molecular formula is C25H24F3N5O3S2. The van der Waals surface area contributed by atoms with Crippen molar-refractivity contribution in [2.24, 2.45) is 5.92 Å². The SMILES string of the molecule is Cc1ccc(S(=O)(=O)N2CC[C@H](C(F)(F)F)C[C@@H]2c2ccccc2Cn2c(=S)[nH]c(=O)c3[nH]cnc32)cc1. The summed E-state index contributed by atoms with van der Waals surface area (Å²) in [6.45, 7) is 1.61. The van der Waals surface area contributed by atoms with Crippen LogP contribution in [0.5, 0.6) is 0 Å². The molecule has 13 heteroatoms. The van der Waals surface area contributed by atoms with E-state index in [1.54, 1.807) is 41.0 Å². The van der Waals surface area contributed by atoms with E-state index >= 15 is 0 Å². The number of aromatic amines is 2. The average Bonchev–Trinajstić information content (AvgIpc) is 3.37. The fraction of sp³-hybridized carbons (Fsp3) is 0.320. The van der Waals surface area contributed by atoms with Crippen molar-refractivity contribution in [3.8, 4) is 0 Å². The standard InChI is InChI=1S/C25H24F3N5O3S2/c1-15-6-8-18(9-7-15)38(35,36)33-11-10-17(25(26,27)28)12-20(33)19-5-3-2-4-16(19)13-32-22-21(29-14-30-22)23(34)31-24(32)37/h2-9,14,17,20H,10-13H2,1H3,(H,29,30)(H,31,34,37)/t17-,20+/m0/s1. The van der Waals surface area contributed by atoms with Gasteiger partial charge in [0.1, 0.15) is 5.52 Å². The molecule has 38 heavy (non-hydrogen) atoms. The molecule has 2 aromatic carbocycles. The number of sulfonamides is 1. The van der Waals surface area contributed by atoms with E-state index in [-0.39, 0.29) is 40.3 Å². The van der Waals surface area contributed by atoms with Crippen LogP contribution in [-0.2, 0) is 16.6 Å². The van der Waals surface area contributed by atoms with Gasteiger partial charge in [0.2, 0.25) is 10.0 Å². The van der Waals surface area contributed by atoms with Gasteiger partial charge >= 0.3 is 6.18 Å². The number of piperidine rings is 1. The van der Waals surface area contributed by atoms with Gasteiger partial charge in [0.05, 0.1) is 29.7 Å². The second kappa shape index (κ2) is 9.79. The van der Waals surface area contributed by atoms with Gasteiger partial charge in [-0.1, -0.05) is 42.0 Å². The molecule has 8 nitrogen and oxygen atoms in total. The zero-order valence-electron chi connectivity index (χ0n) is 20.2. The second-order valence-electron chi connectivity index (χ2n) is 9.35. The van der Waals surface area contributed by atoms with Gasteiger partial charge in [-0.25, -0.2) is 13.4 Å². The first-order valence-electron chi connectivity index (χ1n) is 11.9. The maximum absolute atomic E-state index is 13.9. The van der Waals surface area contributed by atoms with E-state index in [9.17, 15) is 26.4 Å². The fourth-order valence-corrected chi connectivity index (χ4v) is 6.83. The van der Waals surface area contributed by atoms with Gasteiger partial charge in [-0.3, -0.25) is 14.3 Å². The monoisotopic (exact) mass is 563 g/mol. The Morgan fingerprint density at radius 2 is 1.84 bits per heavy atom. The van der Waals surface area contributed by atoms with E-state index < -0.39 is 40.1 Å². The lowest BCUT2D eigenvalue weighted by atomic mass is 9.86. The van der Waals surface area contributed by atoms with Crippen LogP contribution < -0.4 is 5.56 Å². The number of hydrogen-bond donors (Lipinski definition) is 2. The van der Waals surface area contributed by atoms with Crippen LogP contribution in [0.4, 0.5) is 13.2 Å². The minimum atomic E-state index is -4.46. The summed E-state index contributed by atoms with van der Waals surface area (Å²) in [4.78, 5) is 21.8. The van der Waals surface area contributed by atoms with E-state index in [1.165, 1.54) is 22.8 Å². The lowest BCUT2D eigenvalue weighted by Crippen LogP contribution is -2.44. The Balaban J connectivity index is 1.62. The molecule has 0 radical (unpaired) electrons. The Morgan fingerprint density at radius 1 is 1.13 bits per heavy atom. The number of benzene rings is 2. The quantitative estimate of drug-likeness (QED) is 0.338. The first-order chi connectivity index (χ1) is 18.0. The zero-order valence-corrected chi connectivity index (χ0v) is 21.8. The molecule has 0 unspecified atom stereocenters. The topological polar surface area (TPSA) is 104 Å². The predicted octanol–water partition coefficient (Wildman–Crippen LogP) is 4.84. The van der Waals surface area contributed by atoms with E-state index in [2.05, 4.69) is 15.0 Å². The van der Waals surface area contributed by atoms with Crippen molar-refractivity contribution in [1.29, 1.82) is 0 Å². The number of hydrogen-bond acceptors (Lipinski definition) is 5. The van der Waals surface area contributed by atoms with Gasteiger partial charge in [0, 0.05) is 6.54 Å². The molecule has 200 valence electrons. The Hall–Kier alpha value is -3.29. The summed E-state index contributed by atoms with van der Waals surface area (Å²) in [6.07, 6.45) is -3.86. The minimum Gasteiger partial charge on any atom is -0.339 e. The van der Waals surface area contributed by atoms with Crippen molar-refractivity contribution in [3.05, 3.63) is 86.7 Å². The molecule has 1 saturated heterocycles. The maximum atomic E-state index is 13.9. The molecular weight excluding hydrogens is 539 g/mol. The van der Waals surface area contributed by atoms with Gasteiger partial charge in [-0.05, 0) is 55.2 Å². The van der Waals surface area contributed by atoms with E-state index in [0.29, 0.717) is 11.1 Å². The van der Waals surface area contributed by atoms with E-state index in [4.69, 9.17) is 12.2 Å². The smallest absolute Gasteiger partial charge is 0.339 e. The van der Waals surface area contributed by atoms with Crippen LogP contribution in [0.1, 0.15) is 35.6 Å². The Kier molecular flexibility index (Phi) is 6.78. The molecule has 4 aromatic rings. The lowest BCUT2D eigenvalue weighted by Gasteiger charge is -2.40. The number of alkyl halides is 3. The highest BCUT2D eigenvalue weighted by atomic mass is 32.2. The molecule has 1 fully saturated rings.